The zero-order valence-corrected chi connectivity index (χ0v) is 15.3. The number of nitrogens with one attached hydrogen (secondary N) is 1. The maximum atomic E-state index is 4.45. The second kappa shape index (κ2) is 6.98. The van der Waals surface area contributed by atoms with Gasteiger partial charge in [0.05, 0.1) is 6.20 Å². The lowest BCUT2D eigenvalue weighted by atomic mass is 9.86. The lowest BCUT2D eigenvalue weighted by Gasteiger charge is -2.25. The highest BCUT2D eigenvalue weighted by Crippen LogP contribution is 2.45. The van der Waals surface area contributed by atoms with E-state index in [2.05, 4.69) is 20.3 Å². The van der Waals surface area contributed by atoms with Crippen molar-refractivity contribution in [3.8, 4) is 0 Å². The van der Waals surface area contributed by atoms with Gasteiger partial charge in [0.15, 0.2) is 5.96 Å². The Kier molecular flexibility index (Phi) is 5.51. The third-order valence-electron chi connectivity index (χ3n) is 4.82. The van der Waals surface area contributed by atoms with E-state index in [1.807, 2.05) is 31.2 Å². The summed E-state index contributed by atoms with van der Waals surface area (Å²) in [5, 5.41) is 7.67. The third kappa shape index (κ3) is 3.70. The van der Waals surface area contributed by atoms with Crippen molar-refractivity contribution in [2.45, 2.75) is 38.6 Å². The summed E-state index contributed by atoms with van der Waals surface area (Å²) >= 11 is 0. The Labute approximate surface area is 144 Å². The molecule has 2 aliphatic rings. The molecule has 0 unspecified atom stereocenters. The fourth-order valence-corrected chi connectivity index (χ4v) is 3.73. The highest BCUT2D eigenvalue weighted by atomic mass is 127. The van der Waals surface area contributed by atoms with Gasteiger partial charge in [0, 0.05) is 45.5 Å². The predicted octanol–water partition coefficient (Wildman–Crippen LogP) is 2.38. The van der Waals surface area contributed by atoms with Gasteiger partial charge in [-0.3, -0.25) is 9.67 Å². The highest BCUT2D eigenvalue weighted by Gasteiger charge is 2.40. The van der Waals surface area contributed by atoms with E-state index in [1.165, 1.54) is 44.2 Å². The maximum absolute atomic E-state index is 4.45. The molecule has 1 aromatic heterocycles. The van der Waals surface area contributed by atoms with Crippen molar-refractivity contribution in [3.05, 3.63) is 18.0 Å². The fraction of sp³-hybridized carbons (Fsp3) is 0.733. The SMILES string of the molecule is CN=C(NCc1cnn(C)c1)N1CCC2(CCCC2)C1.I. The van der Waals surface area contributed by atoms with Crippen molar-refractivity contribution in [1.29, 1.82) is 0 Å². The van der Waals surface area contributed by atoms with Crippen LogP contribution in [0.4, 0.5) is 0 Å². The van der Waals surface area contributed by atoms with E-state index in [0.717, 1.165) is 19.0 Å². The monoisotopic (exact) mass is 403 g/mol. The molecule has 1 N–H and O–H groups in total. The minimum absolute atomic E-state index is 0. The maximum Gasteiger partial charge on any atom is 0.193 e. The molecule has 3 rings (SSSR count). The Bertz CT molecular complexity index is 490. The van der Waals surface area contributed by atoms with Crippen LogP contribution >= 0.6 is 24.0 Å². The molecule has 2 heterocycles. The molecule has 1 aliphatic heterocycles. The summed E-state index contributed by atoms with van der Waals surface area (Å²) in [5.41, 5.74) is 1.79. The summed E-state index contributed by atoms with van der Waals surface area (Å²) in [4.78, 5) is 6.88. The smallest absolute Gasteiger partial charge is 0.193 e. The zero-order chi connectivity index (χ0) is 14.0. The van der Waals surface area contributed by atoms with Crippen LogP contribution in [0.15, 0.2) is 17.4 Å². The Balaban J connectivity index is 0.00000161. The zero-order valence-electron chi connectivity index (χ0n) is 13.0. The van der Waals surface area contributed by atoms with Crippen LogP contribution in [0.25, 0.3) is 0 Å². The van der Waals surface area contributed by atoms with Gasteiger partial charge >= 0.3 is 0 Å². The average molecular weight is 403 g/mol. The van der Waals surface area contributed by atoms with E-state index >= 15 is 0 Å². The van der Waals surface area contributed by atoms with Gasteiger partial charge < -0.3 is 10.2 Å². The number of hydrogen-bond donors (Lipinski definition) is 1. The number of aromatic nitrogens is 2. The molecule has 0 atom stereocenters. The Morgan fingerprint density at radius 2 is 2.14 bits per heavy atom. The van der Waals surface area contributed by atoms with Gasteiger partial charge in [-0.15, -0.1) is 24.0 Å². The lowest BCUT2D eigenvalue weighted by molar-refractivity contribution is 0.309. The summed E-state index contributed by atoms with van der Waals surface area (Å²) in [6.07, 6.45) is 10.9. The van der Waals surface area contributed by atoms with Crippen LogP contribution in [-0.2, 0) is 13.6 Å². The van der Waals surface area contributed by atoms with Crippen LogP contribution in [0.1, 0.15) is 37.7 Å². The fourth-order valence-electron chi connectivity index (χ4n) is 3.73. The van der Waals surface area contributed by atoms with Gasteiger partial charge in [-0.2, -0.15) is 5.10 Å². The van der Waals surface area contributed by atoms with Crippen molar-refractivity contribution in [2.75, 3.05) is 20.1 Å². The molecule has 1 saturated heterocycles. The summed E-state index contributed by atoms with van der Waals surface area (Å²) in [6.45, 7) is 3.12. The van der Waals surface area contributed by atoms with Crippen molar-refractivity contribution in [2.24, 2.45) is 17.5 Å². The molecule has 1 aromatic rings. The minimum Gasteiger partial charge on any atom is -0.352 e. The number of likely N-dealkylation sites (tertiary alicyclic amines) is 1. The van der Waals surface area contributed by atoms with Crippen molar-refractivity contribution in [1.82, 2.24) is 20.0 Å². The van der Waals surface area contributed by atoms with Gasteiger partial charge in [-0.25, -0.2) is 0 Å². The van der Waals surface area contributed by atoms with Gasteiger partial charge in [0.2, 0.25) is 0 Å². The highest BCUT2D eigenvalue weighted by molar-refractivity contribution is 14.0. The van der Waals surface area contributed by atoms with Gasteiger partial charge in [0.25, 0.3) is 0 Å². The molecule has 6 heteroatoms. The normalized spacial score (nSPS) is 20.9. The molecule has 0 radical (unpaired) electrons. The van der Waals surface area contributed by atoms with E-state index in [9.17, 15) is 0 Å². The first-order valence-electron chi connectivity index (χ1n) is 7.64. The molecule has 0 bridgehead atoms. The Morgan fingerprint density at radius 3 is 2.76 bits per heavy atom. The molecule has 1 saturated carbocycles. The largest absolute Gasteiger partial charge is 0.352 e. The van der Waals surface area contributed by atoms with Gasteiger partial charge in [-0.05, 0) is 24.7 Å². The summed E-state index contributed by atoms with van der Waals surface area (Å²) in [5.74, 6) is 1.04. The first kappa shape index (κ1) is 16.6. The summed E-state index contributed by atoms with van der Waals surface area (Å²) in [6, 6.07) is 0. The van der Waals surface area contributed by atoms with Gasteiger partial charge in [0.1, 0.15) is 0 Å². The van der Waals surface area contributed by atoms with E-state index in [1.54, 1.807) is 0 Å². The average Bonchev–Trinajstić information content (AvgIpc) is 3.15. The van der Waals surface area contributed by atoms with Crippen LogP contribution < -0.4 is 5.32 Å². The molecule has 0 aromatic carbocycles. The Morgan fingerprint density at radius 1 is 1.38 bits per heavy atom. The number of rotatable bonds is 2. The van der Waals surface area contributed by atoms with Crippen molar-refractivity contribution >= 4 is 29.9 Å². The molecule has 21 heavy (non-hydrogen) atoms. The van der Waals surface area contributed by atoms with Crippen LogP contribution in [0.5, 0.6) is 0 Å². The second-order valence-electron chi connectivity index (χ2n) is 6.30. The van der Waals surface area contributed by atoms with E-state index < -0.39 is 0 Å². The van der Waals surface area contributed by atoms with Crippen molar-refractivity contribution in [3.63, 3.8) is 0 Å². The van der Waals surface area contributed by atoms with Crippen LogP contribution in [0, 0.1) is 5.41 Å². The van der Waals surface area contributed by atoms with Crippen molar-refractivity contribution < 1.29 is 0 Å². The topological polar surface area (TPSA) is 45.5 Å². The number of nitrogens with zero attached hydrogens (tertiary/aromatic N) is 4. The van der Waals surface area contributed by atoms with Crippen LogP contribution in [-0.4, -0.2) is 40.8 Å². The first-order valence-corrected chi connectivity index (χ1v) is 7.64. The lowest BCUT2D eigenvalue weighted by Crippen LogP contribution is -2.40. The third-order valence-corrected chi connectivity index (χ3v) is 4.82. The van der Waals surface area contributed by atoms with Gasteiger partial charge in [-0.1, -0.05) is 12.8 Å². The Hall–Kier alpha value is -0.790. The van der Waals surface area contributed by atoms with Crippen LogP contribution in [0.2, 0.25) is 0 Å². The minimum atomic E-state index is 0. The summed E-state index contributed by atoms with van der Waals surface area (Å²) < 4.78 is 1.84. The number of aliphatic imine (C=N–C) groups is 1. The number of aryl methyl sites for hydroxylation is 1. The molecule has 1 spiro atoms. The first-order chi connectivity index (χ1) is 9.71. The quantitative estimate of drug-likeness (QED) is 0.469. The molecule has 1 aliphatic carbocycles. The number of hydrogen-bond acceptors (Lipinski definition) is 2. The molecule has 5 nitrogen and oxygen atoms in total. The molecule has 118 valence electrons. The molecular weight excluding hydrogens is 377 g/mol. The molecular formula is C15H26IN5. The number of guanidine groups is 1. The predicted molar refractivity (Wildman–Crippen MR) is 95.9 cm³/mol. The standard InChI is InChI=1S/C15H25N5.HI/c1-16-14(17-9-13-10-18-19(2)11-13)20-8-7-15(12-20)5-3-4-6-15;/h10-11H,3-9,12H2,1-2H3,(H,16,17);1H. The summed E-state index contributed by atoms with van der Waals surface area (Å²) in [7, 11) is 3.83. The molecule has 2 fully saturated rings. The molecule has 0 amide bonds. The second-order valence-corrected chi connectivity index (χ2v) is 6.30. The van der Waals surface area contributed by atoms with E-state index in [4.69, 9.17) is 0 Å². The van der Waals surface area contributed by atoms with E-state index in [0.29, 0.717) is 5.41 Å². The number of halogens is 1. The van der Waals surface area contributed by atoms with E-state index in [-0.39, 0.29) is 24.0 Å². The van der Waals surface area contributed by atoms with Crippen LogP contribution in [0.3, 0.4) is 0 Å².